The molecule has 2 aliphatic rings. The van der Waals surface area contributed by atoms with Crippen molar-refractivity contribution in [3.63, 3.8) is 0 Å². The van der Waals surface area contributed by atoms with Crippen molar-refractivity contribution in [1.82, 2.24) is 15.2 Å². The van der Waals surface area contributed by atoms with Crippen LogP contribution in [-0.4, -0.2) is 41.7 Å². The second-order valence-electron chi connectivity index (χ2n) is 6.62. The SMILES string of the molecule is COc1cccc(CN2CC(C)NCC23CCCCC3)n1. The van der Waals surface area contributed by atoms with Crippen LogP contribution in [0.25, 0.3) is 0 Å². The molecule has 4 heteroatoms. The number of pyridine rings is 1. The first kappa shape index (κ1) is 14.8. The Hall–Kier alpha value is -1.13. The highest BCUT2D eigenvalue weighted by Gasteiger charge is 2.41. The van der Waals surface area contributed by atoms with Crippen LogP contribution in [0.1, 0.15) is 44.7 Å². The van der Waals surface area contributed by atoms with Crippen molar-refractivity contribution >= 4 is 0 Å². The van der Waals surface area contributed by atoms with Gasteiger partial charge in [0.15, 0.2) is 0 Å². The summed E-state index contributed by atoms with van der Waals surface area (Å²) in [6, 6.07) is 6.63. The Morgan fingerprint density at radius 3 is 2.90 bits per heavy atom. The van der Waals surface area contributed by atoms with Gasteiger partial charge in [-0.1, -0.05) is 25.3 Å². The number of nitrogens with one attached hydrogen (secondary N) is 1. The first-order valence-electron chi connectivity index (χ1n) is 8.20. The van der Waals surface area contributed by atoms with E-state index in [0.717, 1.165) is 25.3 Å². The smallest absolute Gasteiger partial charge is 0.213 e. The number of rotatable bonds is 3. The largest absolute Gasteiger partial charge is 0.481 e. The lowest BCUT2D eigenvalue weighted by Crippen LogP contribution is -2.64. The van der Waals surface area contributed by atoms with Gasteiger partial charge in [-0.05, 0) is 25.8 Å². The summed E-state index contributed by atoms with van der Waals surface area (Å²) >= 11 is 0. The van der Waals surface area contributed by atoms with Crippen molar-refractivity contribution in [2.24, 2.45) is 0 Å². The molecule has 1 saturated carbocycles. The maximum Gasteiger partial charge on any atom is 0.213 e. The van der Waals surface area contributed by atoms with Crippen molar-refractivity contribution < 1.29 is 4.74 Å². The Bertz CT molecular complexity index is 471. The van der Waals surface area contributed by atoms with Crippen molar-refractivity contribution in [3.05, 3.63) is 23.9 Å². The van der Waals surface area contributed by atoms with E-state index in [1.165, 1.54) is 32.1 Å². The van der Waals surface area contributed by atoms with Crippen LogP contribution in [0, 0.1) is 0 Å². The number of aromatic nitrogens is 1. The molecule has 2 fully saturated rings. The van der Waals surface area contributed by atoms with Gasteiger partial charge in [0.2, 0.25) is 5.88 Å². The van der Waals surface area contributed by atoms with Gasteiger partial charge in [0.05, 0.1) is 12.8 Å². The molecule has 0 amide bonds. The topological polar surface area (TPSA) is 37.4 Å². The fraction of sp³-hybridized carbons (Fsp3) is 0.706. The molecule has 1 unspecified atom stereocenters. The van der Waals surface area contributed by atoms with E-state index in [0.29, 0.717) is 17.5 Å². The van der Waals surface area contributed by atoms with Gasteiger partial charge in [-0.3, -0.25) is 4.90 Å². The summed E-state index contributed by atoms with van der Waals surface area (Å²) in [6.45, 7) is 5.45. The third kappa shape index (κ3) is 3.22. The van der Waals surface area contributed by atoms with E-state index in [2.05, 4.69) is 28.2 Å². The normalized spacial score (nSPS) is 25.9. The standard InChI is InChI=1S/C17H27N3O/c1-14-11-20(12-15-7-6-8-16(19-15)21-2)17(13-18-14)9-4-3-5-10-17/h6-8,14,18H,3-5,9-13H2,1-2H3. The minimum absolute atomic E-state index is 0.343. The van der Waals surface area contributed by atoms with Crippen molar-refractivity contribution in [2.45, 2.75) is 57.2 Å². The van der Waals surface area contributed by atoms with Crippen LogP contribution in [0.4, 0.5) is 0 Å². The van der Waals surface area contributed by atoms with E-state index in [-0.39, 0.29) is 0 Å². The summed E-state index contributed by atoms with van der Waals surface area (Å²) in [7, 11) is 1.68. The van der Waals surface area contributed by atoms with Gasteiger partial charge in [0.1, 0.15) is 0 Å². The van der Waals surface area contributed by atoms with Gasteiger partial charge in [0, 0.05) is 37.3 Å². The number of nitrogens with zero attached hydrogens (tertiary/aromatic N) is 2. The number of hydrogen-bond donors (Lipinski definition) is 1. The average Bonchev–Trinajstić information content (AvgIpc) is 2.52. The van der Waals surface area contributed by atoms with Gasteiger partial charge in [0.25, 0.3) is 0 Å². The summed E-state index contributed by atoms with van der Waals surface area (Å²) in [5, 5.41) is 3.69. The molecule has 1 atom stereocenters. The Morgan fingerprint density at radius 2 is 2.14 bits per heavy atom. The van der Waals surface area contributed by atoms with Gasteiger partial charge >= 0.3 is 0 Å². The summed E-state index contributed by atoms with van der Waals surface area (Å²) in [4.78, 5) is 7.28. The molecule has 1 N–H and O–H groups in total. The monoisotopic (exact) mass is 289 g/mol. The van der Waals surface area contributed by atoms with Crippen LogP contribution in [0.3, 0.4) is 0 Å². The minimum Gasteiger partial charge on any atom is -0.481 e. The molecular weight excluding hydrogens is 262 g/mol. The van der Waals surface area contributed by atoms with Gasteiger partial charge in [-0.25, -0.2) is 4.98 Å². The Balaban J connectivity index is 1.78. The molecule has 3 rings (SSSR count). The van der Waals surface area contributed by atoms with E-state index in [9.17, 15) is 0 Å². The number of ether oxygens (including phenoxy) is 1. The lowest BCUT2D eigenvalue weighted by atomic mass is 9.78. The average molecular weight is 289 g/mol. The van der Waals surface area contributed by atoms with Crippen LogP contribution in [0.2, 0.25) is 0 Å². The molecule has 116 valence electrons. The lowest BCUT2D eigenvalue weighted by Gasteiger charge is -2.51. The molecule has 0 aromatic carbocycles. The van der Waals surface area contributed by atoms with Crippen LogP contribution < -0.4 is 10.1 Å². The summed E-state index contributed by atoms with van der Waals surface area (Å²) in [5.41, 5.74) is 1.46. The lowest BCUT2D eigenvalue weighted by molar-refractivity contribution is 0.00521. The third-order valence-electron chi connectivity index (χ3n) is 5.07. The molecule has 1 spiro atoms. The molecule has 2 heterocycles. The molecule has 4 nitrogen and oxygen atoms in total. The highest BCUT2D eigenvalue weighted by atomic mass is 16.5. The molecule has 0 bridgehead atoms. The zero-order valence-electron chi connectivity index (χ0n) is 13.3. The molecule has 0 radical (unpaired) electrons. The van der Waals surface area contributed by atoms with E-state index in [1.54, 1.807) is 7.11 Å². The number of piperazine rings is 1. The fourth-order valence-electron chi connectivity index (χ4n) is 3.85. The predicted octanol–water partition coefficient (Wildman–Crippen LogP) is 2.59. The predicted molar refractivity (Wildman–Crippen MR) is 84.5 cm³/mol. The van der Waals surface area contributed by atoms with Crippen LogP contribution in [0.5, 0.6) is 5.88 Å². The van der Waals surface area contributed by atoms with Crippen LogP contribution in [-0.2, 0) is 6.54 Å². The van der Waals surface area contributed by atoms with Crippen molar-refractivity contribution in [3.8, 4) is 5.88 Å². The second-order valence-corrected chi connectivity index (χ2v) is 6.62. The molecular formula is C17H27N3O. The van der Waals surface area contributed by atoms with Gasteiger partial charge in [-0.15, -0.1) is 0 Å². The van der Waals surface area contributed by atoms with Gasteiger partial charge < -0.3 is 10.1 Å². The molecule has 1 aliphatic carbocycles. The molecule has 1 aromatic rings. The van der Waals surface area contributed by atoms with Crippen LogP contribution >= 0.6 is 0 Å². The zero-order valence-corrected chi connectivity index (χ0v) is 13.3. The zero-order chi connectivity index (χ0) is 14.7. The van der Waals surface area contributed by atoms with Crippen LogP contribution in [0.15, 0.2) is 18.2 Å². The summed E-state index contributed by atoms with van der Waals surface area (Å²) in [5.74, 6) is 0.716. The van der Waals surface area contributed by atoms with E-state index in [4.69, 9.17) is 4.74 Å². The first-order valence-corrected chi connectivity index (χ1v) is 8.20. The quantitative estimate of drug-likeness (QED) is 0.928. The maximum atomic E-state index is 5.26. The molecule has 21 heavy (non-hydrogen) atoms. The Labute approximate surface area is 127 Å². The first-order chi connectivity index (χ1) is 10.2. The van der Waals surface area contributed by atoms with Crippen molar-refractivity contribution in [2.75, 3.05) is 20.2 Å². The maximum absolute atomic E-state index is 5.26. The number of methoxy groups -OCH3 is 1. The van der Waals surface area contributed by atoms with E-state index >= 15 is 0 Å². The highest BCUT2D eigenvalue weighted by Crippen LogP contribution is 2.36. The second kappa shape index (κ2) is 6.32. The summed E-state index contributed by atoms with van der Waals surface area (Å²) in [6.07, 6.45) is 6.74. The number of hydrogen-bond acceptors (Lipinski definition) is 4. The Morgan fingerprint density at radius 1 is 1.33 bits per heavy atom. The van der Waals surface area contributed by atoms with Crippen molar-refractivity contribution in [1.29, 1.82) is 0 Å². The van der Waals surface area contributed by atoms with E-state index < -0.39 is 0 Å². The minimum atomic E-state index is 0.343. The Kier molecular flexibility index (Phi) is 4.45. The van der Waals surface area contributed by atoms with Gasteiger partial charge in [-0.2, -0.15) is 0 Å². The summed E-state index contributed by atoms with van der Waals surface area (Å²) < 4.78 is 5.26. The highest BCUT2D eigenvalue weighted by molar-refractivity contribution is 5.16. The molecule has 1 aromatic heterocycles. The third-order valence-corrected chi connectivity index (χ3v) is 5.07. The fourth-order valence-corrected chi connectivity index (χ4v) is 3.85. The molecule has 1 saturated heterocycles. The van der Waals surface area contributed by atoms with E-state index in [1.807, 2.05) is 12.1 Å². The molecule has 1 aliphatic heterocycles.